The monoisotopic (exact) mass is 288 g/mol. The second kappa shape index (κ2) is 6.69. The molecule has 0 fully saturated rings. The van der Waals surface area contributed by atoms with E-state index in [4.69, 9.17) is 5.73 Å². The third-order valence-electron chi connectivity index (χ3n) is 3.08. The Kier molecular flexibility index (Phi) is 4.71. The predicted octanol–water partition coefficient (Wildman–Crippen LogP) is 2.90. The molecule has 3 N–H and O–H groups in total. The van der Waals surface area contributed by atoms with Crippen molar-refractivity contribution in [3.63, 3.8) is 0 Å². The molecule has 1 heterocycles. The summed E-state index contributed by atoms with van der Waals surface area (Å²) >= 11 is 0. The normalized spacial score (nSPS) is 10.8. The number of benzene rings is 1. The van der Waals surface area contributed by atoms with Gasteiger partial charge in [-0.1, -0.05) is 12.1 Å². The molecule has 0 radical (unpaired) electrons. The maximum Gasteiger partial charge on any atom is 0.174 e. The van der Waals surface area contributed by atoms with Crippen molar-refractivity contribution in [2.75, 3.05) is 18.1 Å². The van der Waals surface area contributed by atoms with E-state index in [0.717, 1.165) is 16.7 Å². The number of aromatic nitrogens is 1. The summed E-state index contributed by atoms with van der Waals surface area (Å²) in [5.41, 5.74) is 8.95. The fourth-order valence-electron chi connectivity index (χ4n) is 1.96. The minimum atomic E-state index is 0.219. The molecule has 0 aliphatic heterocycles. The van der Waals surface area contributed by atoms with Gasteiger partial charge in [0.2, 0.25) is 0 Å². The highest BCUT2D eigenvalue weighted by Gasteiger charge is 2.04. The van der Waals surface area contributed by atoms with E-state index >= 15 is 0 Å². The molecule has 5 nitrogen and oxygen atoms in total. The highest BCUT2D eigenvalue weighted by Crippen LogP contribution is 2.20. The van der Waals surface area contributed by atoms with Gasteiger partial charge in [0.1, 0.15) is 5.82 Å². The number of hydrogen-bond acceptors (Lipinski definition) is 5. The fraction of sp³-hybridized carbons (Fsp3) is 0.200. The van der Waals surface area contributed by atoms with Gasteiger partial charge in [-0.2, -0.15) is 0 Å². The Hall–Kier alpha value is -2.63. The lowest BCUT2D eigenvalue weighted by Crippen LogP contribution is -2.02. The number of halogens is 1. The molecule has 6 heteroatoms. The average Bonchev–Trinajstić information content (AvgIpc) is 2.49. The number of nitrogens with zero attached hydrogens (tertiary/aromatic N) is 2. The number of nitrogens with two attached hydrogens (primary N) is 1. The zero-order valence-corrected chi connectivity index (χ0v) is 11.9. The lowest BCUT2D eigenvalue weighted by Gasteiger charge is -2.06. The number of rotatable bonds is 5. The van der Waals surface area contributed by atoms with Crippen molar-refractivity contribution in [2.24, 2.45) is 4.99 Å². The van der Waals surface area contributed by atoms with E-state index in [9.17, 15) is 4.53 Å². The number of pyridine rings is 1. The molecule has 21 heavy (non-hydrogen) atoms. The average molecular weight is 288 g/mol. The van der Waals surface area contributed by atoms with Crippen molar-refractivity contribution in [3.05, 3.63) is 47.2 Å². The van der Waals surface area contributed by atoms with Crippen molar-refractivity contribution in [3.8, 4) is 5.75 Å². The number of hydrogen-bond donors (Lipinski definition) is 2. The van der Waals surface area contributed by atoms with Crippen molar-refractivity contribution >= 4 is 17.7 Å². The molecule has 110 valence electrons. The third kappa shape index (κ3) is 3.47. The summed E-state index contributed by atoms with van der Waals surface area (Å²) in [6.07, 6.45) is 3.32. The molecule has 1 aromatic carbocycles. The molecule has 0 saturated heterocycles. The molecule has 0 aliphatic carbocycles. The fourth-order valence-corrected chi connectivity index (χ4v) is 1.96. The van der Waals surface area contributed by atoms with Crippen LogP contribution in [0.2, 0.25) is 0 Å². The molecular formula is C15H17FN4O. The summed E-state index contributed by atoms with van der Waals surface area (Å²) < 4.78 is 12.2. The Bertz CT molecular complexity index is 658. The maximum atomic E-state index is 12.2. The van der Waals surface area contributed by atoms with Crippen LogP contribution in [0.15, 0.2) is 35.5 Å². The first kappa shape index (κ1) is 14.8. The molecule has 0 spiro atoms. The topological polar surface area (TPSA) is 72.5 Å². The Balaban J connectivity index is 2.14. The molecule has 0 saturated carbocycles. The van der Waals surface area contributed by atoms with Crippen LogP contribution in [0.25, 0.3) is 0 Å². The summed E-state index contributed by atoms with van der Waals surface area (Å²) in [6, 6.07) is 6.90. The number of aliphatic imine (C=N–C) groups is 1. The highest BCUT2D eigenvalue weighted by molar-refractivity contribution is 5.92. The summed E-state index contributed by atoms with van der Waals surface area (Å²) in [5, 5.41) is 2.97. The van der Waals surface area contributed by atoms with Gasteiger partial charge in [0.05, 0.1) is 12.1 Å². The Labute approximate surface area is 122 Å². The van der Waals surface area contributed by atoms with Crippen LogP contribution in [0.3, 0.4) is 0 Å². The minimum absolute atomic E-state index is 0.219. The van der Waals surface area contributed by atoms with E-state index in [1.54, 1.807) is 44.6 Å². The molecular weight excluding hydrogens is 271 g/mol. The quantitative estimate of drug-likeness (QED) is 0.830. The summed E-state index contributed by atoms with van der Waals surface area (Å²) in [6.45, 7) is 2.24. The highest BCUT2D eigenvalue weighted by atomic mass is 19.3. The van der Waals surface area contributed by atoms with Gasteiger partial charge in [0.15, 0.2) is 5.75 Å². The summed E-state index contributed by atoms with van der Waals surface area (Å²) in [5.74, 6) is 0.896. The second-order valence-corrected chi connectivity index (χ2v) is 4.56. The van der Waals surface area contributed by atoms with E-state index < -0.39 is 0 Å². The van der Waals surface area contributed by atoms with Crippen LogP contribution in [0.1, 0.15) is 16.7 Å². The van der Waals surface area contributed by atoms with E-state index in [2.05, 4.69) is 20.2 Å². The van der Waals surface area contributed by atoms with Gasteiger partial charge in [-0.3, -0.25) is 9.93 Å². The van der Waals surface area contributed by atoms with E-state index in [-0.39, 0.29) is 5.75 Å². The van der Waals surface area contributed by atoms with Crippen molar-refractivity contribution in [2.45, 2.75) is 13.5 Å². The number of aryl methyl sites for hydroxylation is 1. The van der Waals surface area contributed by atoms with Gasteiger partial charge >= 0.3 is 0 Å². The Morgan fingerprint density at radius 2 is 2.24 bits per heavy atom. The van der Waals surface area contributed by atoms with Crippen LogP contribution in [-0.4, -0.2) is 18.2 Å². The van der Waals surface area contributed by atoms with Crippen LogP contribution in [-0.2, 0) is 6.54 Å². The summed E-state index contributed by atoms with van der Waals surface area (Å²) in [4.78, 5) is 12.3. The molecule has 0 unspecified atom stereocenters. The Morgan fingerprint density at radius 1 is 1.43 bits per heavy atom. The standard InChI is InChI=1S/C15H17FN4O/c1-10-7-11(3-4-14(10)21-16)8-19-9-12-13(17)5-6-20-15(12)18-2/h3-7,9H,8H2,1-2H3,(H3,17,18,20). The molecule has 0 amide bonds. The molecule has 1 aromatic heterocycles. The largest absolute Gasteiger partial charge is 0.398 e. The van der Waals surface area contributed by atoms with Gasteiger partial charge in [-0.15, -0.1) is 0 Å². The number of nitrogen functional groups attached to an aromatic ring is 1. The van der Waals surface area contributed by atoms with Crippen LogP contribution in [0.4, 0.5) is 16.0 Å². The van der Waals surface area contributed by atoms with Crippen molar-refractivity contribution in [1.29, 1.82) is 0 Å². The first-order valence-electron chi connectivity index (χ1n) is 6.46. The van der Waals surface area contributed by atoms with E-state index in [1.165, 1.54) is 0 Å². The van der Waals surface area contributed by atoms with Crippen LogP contribution in [0.5, 0.6) is 5.75 Å². The molecule has 0 atom stereocenters. The predicted molar refractivity (Wildman–Crippen MR) is 82.4 cm³/mol. The van der Waals surface area contributed by atoms with E-state index in [0.29, 0.717) is 18.1 Å². The zero-order valence-electron chi connectivity index (χ0n) is 11.9. The van der Waals surface area contributed by atoms with Gasteiger partial charge in [0.25, 0.3) is 0 Å². The first-order valence-corrected chi connectivity index (χ1v) is 6.46. The third-order valence-corrected chi connectivity index (χ3v) is 3.08. The number of anilines is 2. The smallest absolute Gasteiger partial charge is 0.174 e. The van der Waals surface area contributed by atoms with Gasteiger partial charge in [-0.05, 0) is 30.2 Å². The Morgan fingerprint density at radius 3 is 2.90 bits per heavy atom. The molecule has 0 bridgehead atoms. The molecule has 0 aliphatic rings. The van der Waals surface area contributed by atoms with Gasteiger partial charge < -0.3 is 11.1 Å². The van der Waals surface area contributed by atoms with Crippen molar-refractivity contribution in [1.82, 2.24) is 4.98 Å². The minimum Gasteiger partial charge on any atom is -0.398 e. The van der Waals surface area contributed by atoms with Gasteiger partial charge in [0, 0.05) is 29.7 Å². The first-order chi connectivity index (χ1) is 10.2. The second-order valence-electron chi connectivity index (χ2n) is 4.56. The molecule has 2 rings (SSSR count). The lowest BCUT2D eigenvalue weighted by atomic mass is 10.1. The van der Waals surface area contributed by atoms with Crippen LogP contribution < -0.4 is 16.0 Å². The van der Waals surface area contributed by atoms with E-state index in [1.807, 2.05) is 6.07 Å². The van der Waals surface area contributed by atoms with Crippen LogP contribution in [0, 0.1) is 6.92 Å². The van der Waals surface area contributed by atoms with Gasteiger partial charge in [-0.25, -0.2) is 4.98 Å². The summed E-state index contributed by atoms with van der Waals surface area (Å²) in [7, 11) is 1.78. The van der Waals surface area contributed by atoms with Crippen molar-refractivity contribution < 1.29 is 9.47 Å². The zero-order chi connectivity index (χ0) is 15.2. The molecule has 2 aromatic rings. The number of nitrogens with one attached hydrogen (secondary N) is 1. The lowest BCUT2D eigenvalue weighted by molar-refractivity contribution is -0.00702. The SMILES string of the molecule is CNc1nccc(N)c1C=NCc1ccc(OF)c(C)c1. The van der Waals surface area contributed by atoms with Crippen LogP contribution >= 0.6 is 0 Å². The maximum absolute atomic E-state index is 12.2.